The van der Waals surface area contributed by atoms with Crippen LogP contribution in [0.2, 0.25) is 0 Å². The third-order valence-corrected chi connectivity index (χ3v) is 6.87. The van der Waals surface area contributed by atoms with E-state index in [1.807, 2.05) is 0 Å². The van der Waals surface area contributed by atoms with E-state index < -0.39 is 11.4 Å². The average molecular weight is 302 g/mol. The predicted octanol–water partition coefficient (Wildman–Crippen LogP) is 2.44. The minimum Gasteiger partial charge on any atom is -0.393 e. The quantitative estimate of drug-likeness (QED) is 0.747. The first kappa shape index (κ1) is 14.9. The van der Waals surface area contributed by atoms with Crippen molar-refractivity contribution >= 4 is 11.4 Å². The van der Waals surface area contributed by atoms with Crippen molar-refractivity contribution in [2.24, 2.45) is 29.1 Å². The average Bonchev–Trinajstić information content (AvgIpc) is 2.54. The Morgan fingerprint density at radius 3 is 2.70 bits per heavy atom. The van der Waals surface area contributed by atoms with Gasteiger partial charge >= 0.3 is 11.4 Å². The summed E-state index contributed by atoms with van der Waals surface area (Å²) in [5.41, 5.74) is 0.202. The summed E-state index contributed by atoms with van der Waals surface area (Å²) in [5, 5.41) is 10.3. The van der Waals surface area contributed by atoms with Crippen LogP contribution in [0.4, 0.5) is 0 Å². The number of fused-ring (bicyclic) bond motifs is 3. The Bertz CT molecular complexity index is 401. The third kappa shape index (κ3) is 2.36. The van der Waals surface area contributed by atoms with Crippen LogP contribution < -0.4 is 0 Å². The smallest absolute Gasteiger partial charge is 0.304 e. The molecule has 1 saturated heterocycles. The summed E-state index contributed by atoms with van der Waals surface area (Å²) in [4.78, 5) is 0. The number of aliphatic hydroxyl groups is 1. The molecule has 3 fully saturated rings. The highest BCUT2D eigenvalue weighted by Crippen LogP contribution is 2.56. The molecule has 8 atom stereocenters. The van der Waals surface area contributed by atoms with Crippen molar-refractivity contribution in [2.75, 3.05) is 6.61 Å². The molecule has 1 N–H and O–H groups in total. The zero-order valence-electron chi connectivity index (χ0n) is 12.6. The molecule has 0 aromatic carbocycles. The molecular weight excluding hydrogens is 276 g/mol. The van der Waals surface area contributed by atoms with Crippen molar-refractivity contribution in [3.63, 3.8) is 0 Å². The number of rotatable bonds is 0. The van der Waals surface area contributed by atoms with Gasteiger partial charge in [0.25, 0.3) is 0 Å². The summed E-state index contributed by atoms with van der Waals surface area (Å²) in [6.07, 6.45) is 3.90. The van der Waals surface area contributed by atoms with Gasteiger partial charge in [0.05, 0.1) is 18.8 Å². The minimum absolute atomic E-state index is 0.0444. The Hall–Kier alpha value is 0.0300. The van der Waals surface area contributed by atoms with Gasteiger partial charge in [-0.1, -0.05) is 20.8 Å². The molecule has 0 aromatic rings. The zero-order chi connectivity index (χ0) is 14.5. The molecule has 20 heavy (non-hydrogen) atoms. The van der Waals surface area contributed by atoms with Gasteiger partial charge < -0.3 is 5.11 Å². The lowest BCUT2D eigenvalue weighted by molar-refractivity contribution is -0.129. The molecule has 4 nitrogen and oxygen atoms in total. The van der Waals surface area contributed by atoms with E-state index in [0.29, 0.717) is 18.4 Å². The maximum Gasteiger partial charge on any atom is 0.304 e. The van der Waals surface area contributed by atoms with Crippen LogP contribution in [-0.2, 0) is 19.7 Å². The maximum absolute atomic E-state index is 11.9. The number of aliphatic hydroxyl groups excluding tert-OH is 1. The lowest BCUT2D eigenvalue weighted by Gasteiger charge is -2.55. The van der Waals surface area contributed by atoms with E-state index in [1.165, 1.54) is 6.42 Å². The first-order chi connectivity index (χ1) is 9.42. The van der Waals surface area contributed by atoms with Gasteiger partial charge in [0.1, 0.15) is 0 Å². The fourth-order valence-electron chi connectivity index (χ4n) is 4.84. The summed E-state index contributed by atoms with van der Waals surface area (Å²) in [7, 11) is 0. The van der Waals surface area contributed by atoms with E-state index >= 15 is 0 Å². The van der Waals surface area contributed by atoms with E-state index in [2.05, 4.69) is 20.8 Å². The van der Waals surface area contributed by atoms with E-state index in [-0.39, 0.29) is 29.5 Å². The van der Waals surface area contributed by atoms with Crippen molar-refractivity contribution < 1.29 is 17.7 Å². The van der Waals surface area contributed by atoms with Gasteiger partial charge in [-0.2, -0.15) is 4.21 Å². The van der Waals surface area contributed by atoms with Crippen molar-refractivity contribution in [3.8, 4) is 0 Å². The van der Waals surface area contributed by atoms with Crippen molar-refractivity contribution in [3.05, 3.63) is 0 Å². The molecule has 0 spiro atoms. The summed E-state index contributed by atoms with van der Waals surface area (Å²) in [6, 6.07) is 0. The van der Waals surface area contributed by atoms with E-state index in [0.717, 1.165) is 19.3 Å². The van der Waals surface area contributed by atoms with Gasteiger partial charge in [0.15, 0.2) is 0 Å². The standard InChI is InChI=1S/C15H26O4S/c1-9-8-18-20(17)19-14-11(9)4-6-15(3)7-5-12(16)10(2)13(14)15/h9-14,16H,4-8H2,1-3H3/t9-,10+,11+,12+,13-,14+,15+,20-/m1/s1. The van der Waals surface area contributed by atoms with Crippen LogP contribution in [0, 0.1) is 29.1 Å². The molecule has 0 amide bonds. The third-order valence-electron chi connectivity index (χ3n) is 6.16. The van der Waals surface area contributed by atoms with Crippen molar-refractivity contribution in [2.45, 2.75) is 58.7 Å². The Kier molecular flexibility index (Phi) is 3.99. The molecule has 0 radical (unpaired) electrons. The molecule has 0 aromatic heterocycles. The van der Waals surface area contributed by atoms with Crippen LogP contribution in [0.25, 0.3) is 0 Å². The van der Waals surface area contributed by atoms with Crippen LogP contribution in [0.3, 0.4) is 0 Å². The molecule has 2 aliphatic carbocycles. The largest absolute Gasteiger partial charge is 0.393 e. The highest BCUT2D eigenvalue weighted by Gasteiger charge is 2.55. The molecule has 2 saturated carbocycles. The minimum atomic E-state index is -1.64. The lowest BCUT2D eigenvalue weighted by atomic mass is 9.52. The second-order valence-electron chi connectivity index (χ2n) is 7.37. The second kappa shape index (κ2) is 5.34. The fourth-order valence-corrected chi connectivity index (χ4v) is 5.67. The molecule has 5 heteroatoms. The van der Waals surface area contributed by atoms with Crippen molar-refractivity contribution in [1.29, 1.82) is 0 Å². The van der Waals surface area contributed by atoms with Gasteiger partial charge in [-0.3, -0.25) is 8.37 Å². The van der Waals surface area contributed by atoms with Gasteiger partial charge in [-0.15, -0.1) is 0 Å². The first-order valence-electron chi connectivity index (χ1n) is 7.82. The first-order valence-corrected chi connectivity index (χ1v) is 8.82. The SMILES string of the molecule is C[C@@H]1[C@@H]2[C@H]3O[S@](=O)OC[C@@H](C)[C@@H]3CC[C@@]2(C)CC[C@@H]1O. The van der Waals surface area contributed by atoms with Gasteiger partial charge in [0.2, 0.25) is 0 Å². The zero-order valence-corrected chi connectivity index (χ0v) is 13.4. The molecule has 1 aliphatic heterocycles. The molecule has 0 unspecified atom stereocenters. The van der Waals surface area contributed by atoms with Gasteiger partial charge in [-0.25, -0.2) is 0 Å². The fraction of sp³-hybridized carbons (Fsp3) is 1.00. The highest BCUT2D eigenvalue weighted by molar-refractivity contribution is 7.75. The summed E-state index contributed by atoms with van der Waals surface area (Å²) in [5.74, 6) is 1.23. The van der Waals surface area contributed by atoms with Crippen LogP contribution in [0.15, 0.2) is 0 Å². The molecule has 1 heterocycles. The van der Waals surface area contributed by atoms with Crippen LogP contribution in [-0.4, -0.2) is 28.1 Å². The summed E-state index contributed by atoms with van der Waals surface area (Å²) < 4.78 is 22.9. The predicted molar refractivity (Wildman–Crippen MR) is 76.9 cm³/mol. The summed E-state index contributed by atoms with van der Waals surface area (Å²) >= 11 is -1.64. The Morgan fingerprint density at radius 2 is 1.95 bits per heavy atom. The highest BCUT2D eigenvalue weighted by atomic mass is 32.2. The van der Waals surface area contributed by atoms with E-state index in [9.17, 15) is 9.32 Å². The van der Waals surface area contributed by atoms with Crippen LogP contribution in [0.5, 0.6) is 0 Å². The van der Waals surface area contributed by atoms with Crippen LogP contribution >= 0.6 is 0 Å². The van der Waals surface area contributed by atoms with Gasteiger partial charge in [-0.05, 0) is 54.8 Å². The monoisotopic (exact) mass is 302 g/mol. The molecule has 3 aliphatic rings. The topological polar surface area (TPSA) is 55.8 Å². The Morgan fingerprint density at radius 1 is 1.25 bits per heavy atom. The maximum atomic E-state index is 11.9. The molecule has 3 rings (SSSR count). The van der Waals surface area contributed by atoms with E-state index in [4.69, 9.17) is 8.37 Å². The molecular formula is C15H26O4S. The molecule has 0 bridgehead atoms. The normalized spacial score (nSPS) is 56.5. The van der Waals surface area contributed by atoms with Gasteiger partial charge in [0, 0.05) is 0 Å². The van der Waals surface area contributed by atoms with Crippen LogP contribution in [0.1, 0.15) is 46.5 Å². The van der Waals surface area contributed by atoms with Crippen molar-refractivity contribution in [1.82, 2.24) is 0 Å². The second-order valence-corrected chi connectivity index (χ2v) is 8.21. The molecule has 116 valence electrons. The Balaban J connectivity index is 1.94. The number of hydrogen-bond donors (Lipinski definition) is 1. The Labute approximate surface area is 124 Å². The lowest BCUT2D eigenvalue weighted by Crippen LogP contribution is -2.55. The van der Waals surface area contributed by atoms with E-state index in [1.54, 1.807) is 0 Å². The number of hydrogen-bond acceptors (Lipinski definition) is 4. The summed E-state index contributed by atoms with van der Waals surface area (Å²) in [6.45, 7) is 7.11.